The molecule has 130 valence electrons. The van der Waals surface area contributed by atoms with E-state index >= 15 is 0 Å². The zero-order valence-electron chi connectivity index (χ0n) is 14.1. The Morgan fingerprint density at radius 3 is 2.56 bits per heavy atom. The van der Waals surface area contributed by atoms with Crippen LogP contribution in [0.5, 0.6) is 0 Å². The summed E-state index contributed by atoms with van der Waals surface area (Å²) in [5.41, 5.74) is 1.97. The molecule has 1 aliphatic heterocycles. The van der Waals surface area contributed by atoms with Gasteiger partial charge in [0.25, 0.3) is 0 Å². The van der Waals surface area contributed by atoms with Gasteiger partial charge in [0.15, 0.2) is 0 Å². The van der Waals surface area contributed by atoms with Gasteiger partial charge in [-0.05, 0) is 31.0 Å². The maximum absolute atomic E-state index is 13.8. The van der Waals surface area contributed by atoms with Crippen molar-refractivity contribution < 1.29 is 9.50 Å². The molecule has 1 aromatic heterocycles. The number of hydrogen-bond donors (Lipinski definition) is 1. The van der Waals surface area contributed by atoms with Crippen molar-refractivity contribution in [1.82, 2.24) is 14.5 Å². The lowest BCUT2D eigenvalue weighted by Gasteiger charge is -2.38. The molecule has 1 fully saturated rings. The van der Waals surface area contributed by atoms with Crippen LogP contribution in [0, 0.1) is 5.82 Å². The molecular formula is C20H22FN3O. The molecule has 0 aliphatic carbocycles. The lowest BCUT2D eigenvalue weighted by molar-refractivity contribution is -0.0351. The number of fused-ring (bicyclic) bond motifs is 1. The molecular weight excluding hydrogens is 317 g/mol. The second kappa shape index (κ2) is 6.58. The van der Waals surface area contributed by atoms with E-state index in [1.165, 1.54) is 6.07 Å². The smallest absolute Gasteiger partial charge is 0.127 e. The fourth-order valence-corrected chi connectivity index (χ4v) is 3.61. The third-order valence-electron chi connectivity index (χ3n) is 5.13. The number of imidazole rings is 1. The van der Waals surface area contributed by atoms with Gasteiger partial charge in [-0.2, -0.15) is 0 Å². The Hall–Kier alpha value is -2.24. The van der Waals surface area contributed by atoms with Crippen molar-refractivity contribution in [3.8, 4) is 0 Å². The van der Waals surface area contributed by atoms with Crippen molar-refractivity contribution in [2.75, 3.05) is 13.1 Å². The van der Waals surface area contributed by atoms with Crippen LogP contribution in [0.1, 0.15) is 18.4 Å². The predicted molar refractivity (Wildman–Crippen MR) is 95.6 cm³/mol. The average Bonchev–Trinajstić information content (AvgIpc) is 3.02. The molecule has 4 nitrogen and oxygen atoms in total. The summed E-state index contributed by atoms with van der Waals surface area (Å²) in [6.45, 7) is 2.66. The first-order valence-electron chi connectivity index (χ1n) is 8.71. The van der Waals surface area contributed by atoms with Crippen LogP contribution in [0.25, 0.3) is 11.0 Å². The van der Waals surface area contributed by atoms with Gasteiger partial charge in [-0.3, -0.25) is 4.90 Å². The second-order valence-corrected chi connectivity index (χ2v) is 6.95. The summed E-state index contributed by atoms with van der Waals surface area (Å²) in [6.07, 6.45) is 3.15. The third kappa shape index (κ3) is 3.43. The first-order chi connectivity index (χ1) is 12.1. The van der Waals surface area contributed by atoms with E-state index in [0.29, 0.717) is 31.5 Å². The van der Waals surface area contributed by atoms with Gasteiger partial charge in [0.1, 0.15) is 5.82 Å². The minimum Gasteiger partial charge on any atom is -0.388 e. The highest BCUT2D eigenvalue weighted by Gasteiger charge is 2.33. The Kier molecular flexibility index (Phi) is 4.27. The molecule has 1 saturated heterocycles. The number of likely N-dealkylation sites (tertiary alicyclic amines) is 1. The third-order valence-corrected chi connectivity index (χ3v) is 5.13. The van der Waals surface area contributed by atoms with Crippen molar-refractivity contribution >= 4 is 11.0 Å². The predicted octanol–water partition coefficient (Wildman–Crippen LogP) is 3.20. The van der Waals surface area contributed by atoms with Crippen LogP contribution >= 0.6 is 0 Å². The minimum absolute atomic E-state index is 0.159. The maximum atomic E-state index is 13.8. The van der Waals surface area contributed by atoms with Crippen LogP contribution in [0.2, 0.25) is 0 Å². The van der Waals surface area contributed by atoms with E-state index < -0.39 is 5.60 Å². The Bertz CT molecular complexity index is 868. The van der Waals surface area contributed by atoms with Gasteiger partial charge < -0.3 is 9.67 Å². The molecule has 0 amide bonds. The topological polar surface area (TPSA) is 41.3 Å². The van der Waals surface area contributed by atoms with Gasteiger partial charge >= 0.3 is 0 Å². The van der Waals surface area contributed by atoms with Crippen LogP contribution in [-0.2, 0) is 13.1 Å². The highest BCUT2D eigenvalue weighted by molar-refractivity contribution is 5.74. The van der Waals surface area contributed by atoms with E-state index in [4.69, 9.17) is 0 Å². The van der Waals surface area contributed by atoms with Gasteiger partial charge in [0, 0.05) is 25.2 Å². The first-order valence-corrected chi connectivity index (χ1v) is 8.71. The van der Waals surface area contributed by atoms with Crippen molar-refractivity contribution in [3.05, 3.63) is 66.2 Å². The highest BCUT2D eigenvalue weighted by Crippen LogP contribution is 2.27. The standard InChI is InChI=1S/C20H22FN3O/c21-17-6-2-1-5-16(17)13-23-11-9-20(25,10-12-23)14-24-15-22-18-7-3-4-8-19(18)24/h1-8,15,25H,9-14H2. The summed E-state index contributed by atoms with van der Waals surface area (Å²) in [5, 5.41) is 11.0. The average molecular weight is 339 g/mol. The van der Waals surface area contributed by atoms with E-state index in [9.17, 15) is 9.50 Å². The first kappa shape index (κ1) is 16.2. The molecule has 0 saturated carbocycles. The highest BCUT2D eigenvalue weighted by atomic mass is 19.1. The largest absolute Gasteiger partial charge is 0.388 e. The van der Waals surface area contributed by atoms with Gasteiger partial charge in [-0.1, -0.05) is 30.3 Å². The van der Waals surface area contributed by atoms with E-state index in [0.717, 1.165) is 24.1 Å². The fourth-order valence-electron chi connectivity index (χ4n) is 3.61. The van der Waals surface area contributed by atoms with E-state index in [-0.39, 0.29) is 5.82 Å². The molecule has 3 aromatic rings. The molecule has 5 heteroatoms. The van der Waals surface area contributed by atoms with Crippen molar-refractivity contribution in [1.29, 1.82) is 0 Å². The van der Waals surface area contributed by atoms with E-state index in [1.807, 2.05) is 41.0 Å². The van der Waals surface area contributed by atoms with Crippen LogP contribution < -0.4 is 0 Å². The molecule has 0 atom stereocenters. The number of nitrogens with zero attached hydrogens (tertiary/aromatic N) is 3. The molecule has 2 aromatic carbocycles. The zero-order valence-corrected chi connectivity index (χ0v) is 14.1. The number of piperidine rings is 1. The zero-order chi connectivity index (χ0) is 17.3. The molecule has 0 spiro atoms. The van der Waals surface area contributed by atoms with Gasteiger partial charge in [0.05, 0.1) is 29.5 Å². The van der Waals surface area contributed by atoms with Crippen LogP contribution in [-0.4, -0.2) is 38.2 Å². The number of aromatic nitrogens is 2. The molecule has 0 radical (unpaired) electrons. The molecule has 4 rings (SSSR count). The molecule has 1 N–H and O–H groups in total. The number of benzene rings is 2. The molecule has 1 aliphatic rings. The molecule has 25 heavy (non-hydrogen) atoms. The SMILES string of the molecule is OC1(Cn2cnc3ccccc32)CCN(Cc2ccccc2F)CC1. The van der Waals surface area contributed by atoms with E-state index in [2.05, 4.69) is 9.88 Å². The summed E-state index contributed by atoms with van der Waals surface area (Å²) < 4.78 is 15.8. The normalized spacial score (nSPS) is 17.8. The van der Waals surface area contributed by atoms with Gasteiger partial charge in [0.2, 0.25) is 0 Å². The van der Waals surface area contributed by atoms with Crippen molar-refractivity contribution in [3.63, 3.8) is 0 Å². The Morgan fingerprint density at radius 2 is 1.76 bits per heavy atom. The van der Waals surface area contributed by atoms with Gasteiger partial charge in [-0.15, -0.1) is 0 Å². The Morgan fingerprint density at radius 1 is 1.04 bits per heavy atom. The summed E-state index contributed by atoms with van der Waals surface area (Å²) in [5.74, 6) is -0.159. The van der Waals surface area contributed by atoms with Crippen molar-refractivity contribution in [2.24, 2.45) is 0 Å². The second-order valence-electron chi connectivity index (χ2n) is 6.95. The molecule has 0 unspecified atom stereocenters. The Labute approximate surface area is 146 Å². The maximum Gasteiger partial charge on any atom is 0.127 e. The summed E-state index contributed by atoms with van der Waals surface area (Å²) in [6, 6.07) is 14.9. The monoisotopic (exact) mass is 339 g/mol. The summed E-state index contributed by atoms with van der Waals surface area (Å²) in [4.78, 5) is 6.60. The fraction of sp³-hybridized carbons (Fsp3) is 0.350. The van der Waals surface area contributed by atoms with Crippen molar-refractivity contribution in [2.45, 2.75) is 31.5 Å². The minimum atomic E-state index is -0.741. The molecule has 2 heterocycles. The van der Waals surface area contributed by atoms with Crippen LogP contribution in [0.4, 0.5) is 4.39 Å². The summed E-state index contributed by atoms with van der Waals surface area (Å²) >= 11 is 0. The number of rotatable bonds is 4. The lowest BCUT2D eigenvalue weighted by atomic mass is 9.91. The van der Waals surface area contributed by atoms with Crippen LogP contribution in [0.15, 0.2) is 54.9 Å². The number of halogens is 1. The van der Waals surface area contributed by atoms with Gasteiger partial charge in [-0.25, -0.2) is 9.37 Å². The number of hydrogen-bond acceptors (Lipinski definition) is 3. The van der Waals surface area contributed by atoms with Crippen LogP contribution in [0.3, 0.4) is 0 Å². The summed E-state index contributed by atoms with van der Waals surface area (Å²) in [7, 11) is 0. The number of aliphatic hydroxyl groups is 1. The lowest BCUT2D eigenvalue weighted by Crippen LogP contribution is -2.46. The molecule has 0 bridgehead atoms. The quantitative estimate of drug-likeness (QED) is 0.794. The number of para-hydroxylation sites is 2. The van der Waals surface area contributed by atoms with E-state index in [1.54, 1.807) is 12.4 Å². The Balaban J connectivity index is 1.41.